The molecule has 0 aliphatic rings. The van der Waals surface area contributed by atoms with E-state index < -0.39 is 0 Å². The van der Waals surface area contributed by atoms with Gasteiger partial charge in [-0.1, -0.05) is 59.6 Å². The molecule has 0 amide bonds. The van der Waals surface area contributed by atoms with Crippen molar-refractivity contribution in [3.8, 4) is 11.3 Å². The Balaban J connectivity index is 1.98. The summed E-state index contributed by atoms with van der Waals surface area (Å²) < 4.78 is 1.44. The van der Waals surface area contributed by atoms with Crippen LogP contribution in [0.25, 0.3) is 11.3 Å². The minimum absolute atomic E-state index is 0.143. The number of aryl methyl sites for hydroxylation is 1. The van der Waals surface area contributed by atoms with Crippen LogP contribution in [-0.4, -0.2) is 9.78 Å². The van der Waals surface area contributed by atoms with E-state index in [2.05, 4.69) is 5.10 Å². The first-order valence-electron chi connectivity index (χ1n) is 7.02. The standard InChI is InChI=1S/C18H15ClN2O/c1-13-6-8-14(9-7-13)17-10-11-18(22)21(20-17)12-15-4-2-3-5-16(15)19/h2-11H,12H2,1H3. The van der Waals surface area contributed by atoms with Crippen molar-refractivity contribution in [2.45, 2.75) is 13.5 Å². The monoisotopic (exact) mass is 310 g/mol. The van der Waals surface area contributed by atoms with Crippen molar-refractivity contribution in [1.29, 1.82) is 0 Å². The number of rotatable bonds is 3. The van der Waals surface area contributed by atoms with Gasteiger partial charge in [-0.15, -0.1) is 0 Å². The Hall–Kier alpha value is -2.39. The van der Waals surface area contributed by atoms with Crippen molar-refractivity contribution >= 4 is 11.6 Å². The van der Waals surface area contributed by atoms with Gasteiger partial charge in [0.1, 0.15) is 0 Å². The average molecular weight is 311 g/mol. The number of aromatic nitrogens is 2. The van der Waals surface area contributed by atoms with E-state index in [9.17, 15) is 4.79 Å². The van der Waals surface area contributed by atoms with Crippen LogP contribution in [0.15, 0.2) is 65.5 Å². The van der Waals surface area contributed by atoms with Crippen molar-refractivity contribution in [2.75, 3.05) is 0 Å². The highest BCUT2D eigenvalue weighted by Gasteiger charge is 2.06. The molecule has 1 heterocycles. The van der Waals surface area contributed by atoms with E-state index in [0.29, 0.717) is 11.6 Å². The van der Waals surface area contributed by atoms with E-state index in [0.717, 1.165) is 16.8 Å². The molecule has 0 N–H and O–H groups in total. The first kappa shape index (κ1) is 14.5. The Bertz CT molecular complexity index is 853. The van der Waals surface area contributed by atoms with E-state index >= 15 is 0 Å². The predicted octanol–water partition coefficient (Wildman–Crippen LogP) is 3.92. The van der Waals surface area contributed by atoms with Crippen molar-refractivity contribution in [2.24, 2.45) is 0 Å². The molecule has 3 nitrogen and oxygen atoms in total. The first-order valence-corrected chi connectivity index (χ1v) is 7.40. The lowest BCUT2D eigenvalue weighted by Gasteiger charge is -2.08. The van der Waals surface area contributed by atoms with Gasteiger partial charge in [0.05, 0.1) is 12.2 Å². The van der Waals surface area contributed by atoms with Gasteiger partial charge in [0.15, 0.2) is 0 Å². The Morgan fingerprint density at radius 3 is 2.45 bits per heavy atom. The number of nitrogens with zero attached hydrogens (tertiary/aromatic N) is 2. The molecule has 0 unspecified atom stereocenters. The maximum atomic E-state index is 12.0. The molecule has 110 valence electrons. The normalized spacial score (nSPS) is 10.6. The van der Waals surface area contributed by atoms with Gasteiger partial charge in [-0.05, 0) is 24.6 Å². The van der Waals surface area contributed by atoms with Gasteiger partial charge in [-0.3, -0.25) is 4.79 Å². The van der Waals surface area contributed by atoms with E-state index in [1.165, 1.54) is 10.2 Å². The van der Waals surface area contributed by atoms with Crippen LogP contribution in [0.5, 0.6) is 0 Å². The van der Waals surface area contributed by atoms with E-state index in [1.54, 1.807) is 12.1 Å². The number of benzene rings is 2. The summed E-state index contributed by atoms with van der Waals surface area (Å²) in [5.74, 6) is 0. The highest BCUT2D eigenvalue weighted by molar-refractivity contribution is 6.31. The zero-order valence-corrected chi connectivity index (χ0v) is 12.9. The van der Waals surface area contributed by atoms with Crippen molar-refractivity contribution < 1.29 is 0 Å². The predicted molar refractivity (Wildman–Crippen MR) is 89.2 cm³/mol. The molecule has 22 heavy (non-hydrogen) atoms. The molecule has 3 rings (SSSR count). The van der Waals surface area contributed by atoms with Gasteiger partial charge >= 0.3 is 0 Å². The minimum Gasteiger partial charge on any atom is -0.268 e. The van der Waals surface area contributed by atoms with Crippen LogP contribution in [0.2, 0.25) is 5.02 Å². The zero-order valence-electron chi connectivity index (χ0n) is 12.2. The van der Waals surface area contributed by atoms with Crippen molar-refractivity contribution in [3.05, 3.63) is 87.2 Å². The fraction of sp³-hybridized carbons (Fsp3) is 0.111. The summed E-state index contributed by atoms with van der Waals surface area (Å²) in [6.07, 6.45) is 0. The van der Waals surface area contributed by atoms with E-state index in [1.807, 2.05) is 55.5 Å². The third-order valence-corrected chi connectivity index (χ3v) is 3.86. The zero-order chi connectivity index (χ0) is 15.5. The average Bonchev–Trinajstić information content (AvgIpc) is 2.52. The van der Waals surface area contributed by atoms with Gasteiger partial charge in [0.2, 0.25) is 0 Å². The molecule has 0 fully saturated rings. The summed E-state index contributed by atoms with van der Waals surface area (Å²) in [7, 11) is 0. The summed E-state index contributed by atoms with van der Waals surface area (Å²) >= 11 is 6.16. The Kier molecular flexibility index (Phi) is 4.07. The first-order chi connectivity index (χ1) is 10.6. The molecule has 0 radical (unpaired) electrons. The van der Waals surface area contributed by atoms with Crippen molar-refractivity contribution in [3.63, 3.8) is 0 Å². The Morgan fingerprint density at radius 2 is 1.73 bits per heavy atom. The highest BCUT2D eigenvalue weighted by atomic mass is 35.5. The molecule has 3 aromatic rings. The van der Waals surface area contributed by atoms with Crippen LogP contribution >= 0.6 is 11.6 Å². The fourth-order valence-electron chi connectivity index (χ4n) is 2.23. The van der Waals surface area contributed by atoms with Crippen LogP contribution in [0.3, 0.4) is 0 Å². The van der Waals surface area contributed by atoms with Crippen LogP contribution in [0, 0.1) is 6.92 Å². The lowest BCUT2D eigenvalue weighted by atomic mass is 10.1. The molecule has 2 aromatic carbocycles. The maximum absolute atomic E-state index is 12.0. The second-order valence-corrected chi connectivity index (χ2v) is 5.58. The van der Waals surface area contributed by atoms with Gasteiger partial charge in [-0.2, -0.15) is 5.10 Å². The van der Waals surface area contributed by atoms with Crippen LogP contribution in [0.4, 0.5) is 0 Å². The molecule has 0 atom stereocenters. The number of hydrogen-bond donors (Lipinski definition) is 0. The molecule has 1 aromatic heterocycles. The molecule has 0 bridgehead atoms. The summed E-state index contributed by atoms with van der Waals surface area (Å²) in [4.78, 5) is 12.0. The Morgan fingerprint density at radius 1 is 1.00 bits per heavy atom. The summed E-state index contributed by atoms with van der Waals surface area (Å²) in [6, 6.07) is 18.8. The topological polar surface area (TPSA) is 34.9 Å². The molecular formula is C18H15ClN2O. The molecule has 0 spiro atoms. The third-order valence-electron chi connectivity index (χ3n) is 3.49. The Labute approximate surface area is 133 Å². The van der Waals surface area contributed by atoms with Gasteiger partial charge in [-0.25, -0.2) is 4.68 Å². The molecule has 0 aliphatic carbocycles. The van der Waals surface area contributed by atoms with Crippen LogP contribution < -0.4 is 5.56 Å². The molecule has 0 saturated heterocycles. The molecule has 0 aliphatic heterocycles. The van der Waals surface area contributed by atoms with E-state index in [-0.39, 0.29) is 5.56 Å². The largest absolute Gasteiger partial charge is 0.268 e. The fourth-order valence-corrected chi connectivity index (χ4v) is 2.42. The summed E-state index contributed by atoms with van der Waals surface area (Å²) in [5, 5.41) is 5.09. The molecular weight excluding hydrogens is 296 g/mol. The second kappa shape index (κ2) is 6.16. The lowest BCUT2D eigenvalue weighted by molar-refractivity contribution is 0.643. The highest BCUT2D eigenvalue weighted by Crippen LogP contribution is 2.18. The maximum Gasteiger partial charge on any atom is 0.267 e. The number of halogens is 1. The third kappa shape index (κ3) is 3.10. The summed E-state index contributed by atoms with van der Waals surface area (Å²) in [6.45, 7) is 2.40. The van der Waals surface area contributed by atoms with Crippen molar-refractivity contribution in [1.82, 2.24) is 9.78 Å². The SMILES string of the molecule is Cc1ccc(-c2ccc(=O)n(Cc3ccccc3Cl)n2)cc1. The van der Waals surface area contributed by atoms with E-state index in [4.69, 9.17) is 11.6 Å². The number of hydrogen-bond acceptors (Lipinski definition) is 2. The van der Waals surface area contributed by atoms with Crippen LogP contribution in [0.1, 0.15) is 11.1 Å². The smallest absolute Gasteiger partial charge is 0.267 e. The summed E-state index contributed by atoms with van der Waals surface area (Å²) in [5.41, 5.74) is 3.67. The quantitative estimate of drug-likeness (QED) is 0.735. The lowest BCUT2D eigenvalue weighted by Crippen LogP contribution is -2.22. The minimum atomic E-state index is -0.143. The van der Waals surface area contributed by atoms with Gasteiger partial charge < -0.3 is 0 Å². The van der Waals surface area contributed by atoms with Crippen LogP contribution in [-0.2, 0) is 6.54 Å². The molecule has 0 saturated carbocycles. The second-order valence-electron chi connectivity index (χ2n) is 5.17. The molecule has 4 heteroatoms. The van der Waals surface area contributed by atoms with Gasteiger partial charge in [0.25, 0.3) is 5.56 Å². The van der Waals surface area contributed by atoms with Gasteiger partial charge in [0, 0.05) is 16.7 Å².